The van der Waals surface area contributed by atoms with Gasteiger partial charge < -0.3 is 5.32 Å². The molecule has 7 nitrogen and oxygen atoms in total. The Bertz CT molecular complexity index is 913. The van der Waals surface area contributed by atoms with Crippen LogP contribution in [0.25, 0.3) is 0 Å². The molecule has 1 heterocycles. The van der Waals surface area contributed by atoms with Crippen molar-refractivity contribution in [1.82, 2.24) is 9.80 Å². The third kappa shape index (κ3) is 3.94. The van der Waals surface area contributed by atoms with Crippen LogP contribution in [0.15, 0.2) is 48.5 Å². The number of nitrogens with one attached hydrogen (secondary N) is 1. The van der Waals surface area contributed by atoms with Gasteiger partial charge in [0.15, 0.2) is 0 Å². The molecule has 1 aliphatic heterocycles. The van der Waals surface area contributed by atoms with E-state index in [0.29, 0.717) is 10.5 Å². The Hall–Kier alpha value is -2.90. The van der Waals surface area contributed by atoms with Gasteiger partial charge in [0.05, 0.1) is 22.3 Å². The lowest BCUT2D eigenvalue weighted by atomic mass is 10.2. The summed E-state index contributed by atoms with van der Waals surface area (Å²) >= 11 is 12.0. The number of rotatable bonds is 5. The van der Waals surface area contributed by atoms with E-state index >= 15 is 0 Å². The summed E-state index contributed by atoms with van der Waals surface area (Å²) < 4.78 is 0. The van der Waals surface area contributed by atoms with Crippen LogP contribution in [0, 0.1) is 0 Å². The van der Waals surface area contributed by atoms with Crippen LogP contribution in [0.4, 0.5) is 10.5 Å². The number of nitrogens with zero attached hydrogens (tertiary/aromatic N) is 2. The van der Waals surface area contributed by atoms with Crippen molar-refractivity contribution in [2.24, 2.45) is 0 Å². The average molecular weight is 406 g/mol. The highest BCUT2D eigenvalue weighted by atomic mass is 35.5. The quantitative estimate of drug-likeness (QED) is 0.611. The fraction of sp³-hybridized carbons (Fsp3) is 0.111. The molecule has 27 heavy (non-hydrogen) atoms. The first-order chi connectivity index (χ1) is 12.9. The molecular formula is C18H13Cl2N3O4. The first kappa shape index (κ1) is 18.9. The van der Waals surface area contributed by atoms with Crippen LogP contribution >= 0.6 is 23.2 Å². The molecule has 0 aliphatic carbocycles. The molecule has 1 fully saturated rings. The number of imide groups is 2. The fourth-order valence-electron chi connectivity index (χ4n) is 2.54. The molecule has 0 spiro atoms. The Morgan fingerprint density at radius 3 is 2.07 bits per heavy atom. The Morgan fingerprint density at radius 1 is 0.852 bits per heavy atom. The smallest absolute Gasteiger partial charge is 0.322 e. The second-order valence-electron chi connectivity index (χ2n) is 5.70. The number of hydrogen-bond acceptors (Lipinski definition) is 4. The largest absolute Gasteiger partial charge is 0.335 e. The molecule has 0 saturated carbocycles. The van der Waals surface area contributed by atoms with Gasteiger partial charge >= 0.3 is 17.8 Å². The van der Waals surface area contributed by atoms with Gasteiger partial charge in [-0.25, -0.2) is 9.69 Å². The van der Waals surface area contributed by atoms with Crippen molar-refractivity contribution in [3.63, 3.8) is 0 Å². The second kappa shape index (κ2) is 7.77. The molecule has 138 valence electrons. The molecule has 0 unspecified atom stereocenters. The van der Waals surface area contributed by atoms with Gasteiger partial charge in [-0.2, -0.15) is 0 Å². The van der Waals surface area contributed by atoms with Gasteiger partial charge in [-0.05, 0) is 17.7 Å². The van der Waals surface area contributed by atoms with Gasteiger partial charge in [0.25, 0.3) is 0 Å². The molecule has 1 N–H and O–H groups in total. The van der Waals surface area contributed by atoms with Gasteiger partial charge in [-0.1, -0.05) is 59.6 Å². The highest BCUT2D eigenvalue weighted by molar-refractivity contribution is 6.45. The monoisotopic (exact) mass is 405 g/mol. The maximum Gasteiger partial charge on any atom is 0.335 e. The van der Waals surface area contributed by atoms with Gasteiger partial charge in [0.1, 0.15) is 6.54 Å². The maximum absolute atomic E-state index is 12.4. The van der Waals surface area contributed by atoms with E-state index in [-0.39, 0.29) is 22.3 Å². The highest BCUT2D eigenvalue weighted by Crippen LogP contribution is 2.29. The summed E-state index contributed by atoms with van der Waals surface area (Å²) in [5.41, 5.74) is 0.846. The van der Waals surface area contributed by atoms with Gasteiger partial charge in [0.2, 0.25) is 5.91 Å². The zero-order chi connectivity index (χ0) is 19.6. The number of amides is 5. The average Bonchev–Trinajstić information content (AvgIpc) is 2.84. The third-order valence-electron chi connectivity index (χ3n) is 3.85. The van der Waals surface area contributed by atoms with Crippen LogP contribution in [-0.4, -0.2) is 40.1 Å². The molecule has 0 bridgehead atoms. The molecule has 0 radical (unpaired) electrons. The predicted octanol–water partition coefficient (Wildman–Crippen LogP) is 2.92. The summed E-state index contributed by atoms with van der Waals surface area (Å²) in [6.45, 7) is -0.686. The van der Waals surface area contributed by atoms with Crippen molar-refractivity contribution in [3.05, 3.63) is 64.1 Å². The lowest BCUT2D eigenvalue weighted by Crippen LogP contribution is -2.39. The Balaban J connectivity index is 1.71. The first-order valence-electron chi connectivity index (χ1n) is 7.83. The lowest BCUT2D eigenvalue weighted by Gasteiger charge is -2.16. The number of urea groups is 1. The van der Waals surface area contributed by atoms with Crippen molar-refractivity contribution >= 4 is 52.6 Å². The zero-order valence-corrected chi connectivity index (χ0v) is 15.3. The van der Waals surface area contributed by atoms with E-state index in [1.165, 1.54) is 12.1 Å². The summed E-state index contributed by atoms with van der Waals surface area (Å²) in [5, 5.41) is 2.86. The SMILES string of the molecule is O=C(CN1C(=O)C(=O)N(Cc2ccccc2)C1=O)Nc1c(Cl)cccc1Cl. The fourth-order valence-corrected chi connectivity index (χ4v) is 3.03. The number of carbonyl (C=O) groups is 4. The molecule has 5 amide bonds. The molecule has 0 aromatic heterocycles. The molecular weight excluding hydrogens is 393 g/mol. The zero-order valence-electron chi connectivity index (χ0n) is 13.8. The number of hydrogen-bond donors (Lipinski definition) is 1. The molecule has 0 atom stereocenters. The van der Waals surface area contributed by atoms with Gasteiger partial charge in [0, 0.05) is 0 Å². The van der Waals surface area contributed by atoms with Crippen molar-refractivity contribution in [1.29, 1.82) is 0 Å². The van der Waals surface area contributed by atoms with Gasteiger partial charge in [-0.3, -0.25) is 19.3 Å². The Morgan fingerprint density at radius 2 is 1.44 bits per heavy atom. The molecule has 1 saturated heterocycles. The minimum Gasteiger partial charge on any atom is -0.322 e. The van der Waals surface area contributed by atoms with Crippen LogP contribution in [-0.2, 0) is 20.9 Å². The van der Waals surface area contributed by atoms with Crippen molar-refractivity contribution in [2.45, 2.75) is 6.54 Å². The third-order valence-corrected chi connectivity index (χ3v) is 4.48. The summed E-state index contributed by atoms with van der Waals surface area (Å²) in [5.74, 6) is -2.75. The number of carbonyl (C=O) groups excluding carboxylic acids is 4. The second-order valence-corrected chi connectivity index (χ2v) is 6.51. The topological polar surface area (TPSA) is 86.8 Å². The highest BCUT2D eigenvalue weighted by Gasteiger charge is 2.45. The maximum atomic E-state index is 12.4. The Kier molecular flexibility index (Phi) is 5.43. The van der Waals surface area contributed by atoms with E-state index in [0.717, 1.165) is 4.90 Å². The molecule has 1 aliphatic rings. The molecule has 2 aromatic rings. The summed E-state index contributed by atoms with van der Waals surface area (Å²) in [4.78, 5) is 50.3. The van der Waals surface area contributed by atoms with Crippen molar-refractivity contribution in [2.75, 3.05) is 11.9 Å². The summed E-state index contributed by atoms with van der Waals surface area (Å²) in [6, 6.07) is 12.5. The summed E-state index contributed by atoms with van der Waals surface area (Å²) in [6.07, 6.45) is 0. The minimum atomic E-state index is -1.06. The Labute approximate surface area is 164 Å². The van der Waals surface area contributed by atoms with Crippen LogP contribution in [0.1, 0.15) is 5.56 Å². The van der Waals surface area contributed by atoms with Crippen molar-refractivity contribution < 1.29 is 19.2 Å². The van der Waals surface area contributed by atoms with Crippen LogP contribution in [0.5, 0.6) is 0 Å². The van der Waals surface area contributed by atoms with E-state index in [9.17, 15) is 19.2 Å². The van der Waals surface area contributed by atoms with E-state index in [1.807, 2.05) is 0 Å². The normalized spacial score (nSPS) is 14.1. The van der Waals surface area contributed by atoms with Gasteiger partial charge in [-0.15, -0.1) is 0 Å². The molecule has 9 heteroatoms. The van der Waals surface area contributed by atoms with E-state index in [4.69, 9.17) is 23.2 Å². The minimum absolute atomic E-state index is 0.0568. The number of para-hydroxylation sites is 1. The van der Waals surface area contributed by atoms with E-state index in [1.54, 1.807) is 36.4 Å². The van der Waals surface area contributed by atoms with Crippen LogP contribution < -0.4 is 5.32 Å². The number of halogens is 2. The summed E-state index contributed by atoms with van der Waals surface area (Å²) in [7, 11) is 0. The van der Waals surface area contributed by atoms with Crippen molar-refractivity contribution in [3.8, 4) is 0 Å². The lowest BCUT2D eigenvalue weighted by molar-refractivity contribution is -0.143. The number of anilines is 1. The van der Waals surface area contributed by atoms with E-state index in [2.05, 4.69) is 5.32 Å². The standard InChI is InChI=1S/C18H13Cl2N3O4/c19-12-7-4-8-13(20)15(12)21-14(24)10-23-17(26)16(25)22(18(23)27)9-11-5-2-1-3-6-11/h1-8H,9-10H2,(H,21,24). The molecule has 2 aromatic carbocycles. The number of benzene rings is 2. The van der Waals surface area contributed by atoms with E-state index < -0.39 is 30.3 Å². The first-order valence-corrected chi connectivity index (χ1v) is 8.59. The van der Waals surface area contributed by atoms with Crippen LogP contribution in [0.2, 0.25) is 10.0 Å². The molecule has 3 rings (SSSR count). The predicted molar refractivity (Wildman–Crippen MR) is 99.2 cm³/mol. The van der Waals surface area contributed by atoms with Crippen LogP contribution in [0.3, 0.4) is 0 Å².